The Morgan fingerprint density at radius 1 is 1.17 bits per heavy atom. The van der Waals surface area contributed by atoms with Gasteiger partial charge in [0, 0.05) is 6.42 Å². The SMILES string of the molecule is FC(F)(F)CC[SiH]1O[SiH2]O[SiH2]O1. The fraction of sp³-hybridized carbons (Fsp3) is 1.00. The number of alkyl halides is 3. The van der Waals surface area contributed by atoms with Gasteiger partial charge in [-0.1, -0.05) is 0 Å². The van der Waals surface area contributed by atoms with Crippen molar-refractivity contribution in [2.24, 2.45) is 0 Å². The van der Waals surface area contributed by atoms with Crippen LogP contribution in [0.3, 0.4) is 0 Å². The van der Waals surface area contributed by atoms with Gasteiger partial charge in [-0.15, -0.1) is 0 Å². The van der Waals surface area contributed by atoms with Crippen LogP contribution in [0.15, 0.2) is 0 Å². The van der Waals surface area contributed by atoms with E-state index in [1.54, 1.807) is 0 Å². The van der Waals surface area contributed by atoms with Crippen molar-refractivity contribution >= 4 is 29.3 Å². The summed E-state index contributed by atoms with van der Waals surface area (Å²) in [6.07, 6.45) is -4.87. The largest absolute Gasteiger partial charge is 0.425 e. The van der Waals surface area contributed by atoms with E-state index in [4.69, 9.17) is 12.3 Å². The minimum Gasteiger partial charge on any atom is -0.425 e. The Balaban J connectivity index is 2.13. The third-order valence-electron chi connectivity index (χ3n) is 1.34. The smallest absolute Gasteiger partial charge is 0.389 e. The second kappa shape index (κ2) is 4.53. The van der Waals surface area contributed by atoms with Crippen molar-refractivity contribution < 1.29 is 25.5 Å². The molecule has 0 aromatic rings. The van der Waals surface area contributed by atoms with E-state index >= 15 is 0 Å². The summed E-state index contributed by atoms with van der Waals surface area (Å²) in [5.74, 6) is 0. The normalized spacial score (nSPS) is 29.8. The van der Waals surface area contributed by atoms with Gasteiger partial charge in [0.1, 0.15) is 0 Å². The van der Waals surface area contributed by atoms with Crippen LogP contribution in [0.25, 0.3) is 0 Å². The molecule has 72 valence electrons. The lowest BCUT2D eigenvalue weighted by molar-refractivity contribution is -0.131. The Morgan fingerprint density at radius 2 is 1.75 bits per heavy atom. The van der Waals surface area contributed by atoms with E-state index in [-0.39, 0.29) is 6.04 Å². The molecule has 0 aromatic carbocycles. The lowest BCUT2D eigenvalue weighted by atomic mass is 10.5. The summed E-state index contributed by atoms with van der Waals surface area (Å²) in [7, 11) is -3.89. The summed E-state index contributed by atoms with van der Waals surface area (Å²) in [5.41, 5.74) is 0. The topological polar surface area (TPSA) is 27.7 Å². The quantitative estimate of drug-likeness (QED) is 0.587. The summed E-state index contributed by atoms with van der Waals surface area (Å²) >= 11 is 0. The lowest BCUT2D eigenvalue weighted by Crippen LogP contribution is -2.35. The van der Waals surface area contributed by atoms with Gasteiger partial charge in [0.2, 0.25) is 0 Å². The highest BCUT2D eigenvalue weighted by molar-refractivity contribution is 6.61. The molecule has 9 heteroatoms. The summed E-state index contributed by atoms with van der Waals surface area (Å²) in [4.78, 5) is 0. The Hall–Kier alpha value is 0.321. The Kier molecular flexibility index (Phi) is 3.92. The molecule has 1 heterocycles. The molecule has 1 fully saturated rings. The molecule has 0 amide bonds. The van der Waals surface area contributed by atoms with Gasteiger partial charge < -0.3 is 12.3 Å². The lowest BCUT2D eigenvalue weighted by Gasteiger charge is -2.22. The van der Waals surface area contributed by atoms with Crippen LogP contribution in [0.2, 0.25) is 6.04 Å². The zero-order valence-electron chi connectivity index (χ0n) is 6.26. The van der Waals surface area contributed by atoms with E-state index in [2.05, 4.69) is 0 Å². The molecule has 1 saturated heterocycles. The van der Waals surface area contributed by atoms with E-state index in [0.29, 0.717) is 0 Å². The summed E-state index contributed by atoms with van der Waals surface area (Å²) < 4.78 is 50.1. The van der Waals surface area contributed by atoms with E-state index < -0.39 is 41.9 Å². The van der Waals surface area contributed by atoms with Crippen molar-refractivity contribution in [2.75, 3.05) is 0 Å². The minimum absolute atomic E-state index is 0.0346. The zero-order valence-corrected chi connectivity index (χ0v) is 10.2. The van der Waals surface area contributed by atoms with Crippen molar-refractivity contribution in [2.45, 2.75) is 18.6 Å². The highest BCUT2D eigenvalue weighted by Gasteiger charge is 2.30. The summed E-state index contributed by atoms with van der Waals surface area (Å²) in [6, 6.07) is 0.0346. The maximum Gasteiger partial charge on any atom is 0.389 e. The molecule has 0 bridgehead atoms. The van der Waals surface area contributed by atoms with Crippen LogP contribution in [0.5, 0.6) is 0 Å². The van der Waals surface area contributed by atoms with Gasteiger partial charge in [-0.25, -0.2) is 0 Å². The highest BCUT2D eigenvalue weighted by atomic mass is 28.4. The van der Waals surface area contributed by atoms with E-state index in [1.165, 1.54) is 0 Å². The van der Waals surface area contributed by atoms with Gasteiger partial charge in [0.25, 0.3) is 20.0 Å². The Bertz CT molecular complexity index is 136. The van der Waals surface area contributed by atoms with E-state index in [9.17, 15) is 13.2 Å². The molecule has 1 aliphatic heterocycles. The van der Waals surface area contributed by atoms with Crippen molar-refractivity contribution in [3.63, 3.8) is 0 Å². The number of rotatable bonds is 2. The van der Waals surface area contributed by atoms with E-state index in [1.807, 2.05) is 0 Å². The van der Waals surface area contributed by atoms with Crippen LogP contribution >= 0.6 is 0 Å². The van der Waals surface area contributed by atoms with Crippen molar-refractivity contribution in [3.8, 4) is 0 Å². The number of halogens is 3. The molecule has 1 rings (SSSR count). The third kappa shape index (κ3) is 4.37. The predicted molar refractivity (Wildman–Crippen MR) is 43.0 cm³/mol. The first-order chi connectivity index (χ1) is 5.58. The molecule has 3 nitrogen and oxygen atoms in total. The van der Waals surface area contributed by atoms with Gasteiger partial charge in [0.05, 0.1) is 0 Å². The molecule has 0 saturated carbocycles. The van der Waals surface area contributed by atoms with Gasteiger partial charge in [-0.05, 0) is 6.04 Å². The molecule has 0 aromatic heterocycles. The Morgan fingerprint density at radius 3 is 2.25 bits per heavy atom. The molecule has 0 unspecified atom stereocenters. The Labute approximate surface area is 74.2 Å². The molecule has 0 N–H and O–H groups in total. The molecular weight excluding hydrogens is 225 g/mol. The van der Waals surface area contributed by atoms with Crippen LogP contribution in [-0.4, -0.2) is 35.5 Å². The summed E-state index contributed by atoms with van der Waals surface area (Å²) in [5, 5.41) is 0. The molecule has 12 heavy (non-hydrogen) atoms. The maximum absolute atomic E-state index is 11.7. The third-order valence-corrected chi connectivity index (χ3v) is 7.49. The minimum atomic E-state index is -4.08. The first-order valence-electron chi connectivity index (χ1n) is 3.45. The second-order valence-corrected chi connectivity index (χ2v) is 8.56. The highest BCUT2D eigenvalue weighted by Crippen LogP contribution is 2.23. The first-order valence-corrected chi connectivity index (χ1v) is 7.52. The first kappa shape index (κ1) is 10.4. The predicted octanol–water partition coefficient (Wildman–Crippen LogP) is -0.780. The van der Waals surface area contributed by atoms with Crippen molar-refractivity contribution in [3.05, 3.63) is 0 Å². The average molecular weight is 234 g/mol. The molecular formula is C3H9F3O3Si3. The monoisotopic (exact) mass is 234 g/mol. The van der Waals surface area contributed by atoms with Crippen LogP contribution in [0, 0.1) is 0 Å². The van der Waals surface area contributed by atoms with Crippen molar-refractivity contribution in [1.29, 1.82) is 0 Å². The van der Waals surface area contributed by atoms with Crippen LogP contribution in [-0.2, 0) is 12.3 Å². The van der Waals surface area contributed by atoms with Gasteiger partial charge in [0.15, 0.2) is 0 Å². The second-order valence-electron chi connectivity index (χ2n) is 2.36. The van der Waals surface area contributed by atoms with Crippen LogP contribution in [0.4, 0.5) is 13.2 Å². The standard InChI is InChI=1S/C3H9F3O3Si3/c4-3(5,6)1-2-12-8-10-7-11-9-12/h12H,1-2,10-11H2. The van der Waals surface area contributed by atoms with Crippen LogP contribution < -0.4 is 0 Å². The zero-order chi connectivity index (χ0) is 9.03. The van der Waals surface area contributed by atoms with Crippen molar-refractivity contribution in [1.82, 2.24) is 0 Å². The fourth-order valence-corrected chi connectivity index (χ4v) is 7.91. The molecule has 0 aliphatic carbocycles. The van der Waals surface area contributed by atoms with Gasteiger partial charge in [-0.2, -0.15) is 13.2 Å². The fourth-order valence-electron chi connectivity index (χ4n) is 0.778. The molecule has 0 spiro atoms. The van der Waals surface area contributed by atoms with Crippen LogP contribution in [0.1, 0.15) is 6.42 Å². The number of hydrogen-bond donors (Lipinski definition) is 0. The maximum atomic E-state index is 11.7. The van der Waals surface area contributed by atoms with E-state index in [0.717, 1.165) is 0 Å². The molecule has 0 radical (unpaired) electrons. The average Bonchev–Trinajstić information content (AvgIpc) is 2.02. The van der Waals surface area contributed by atoms with Gasteiger partial charge in [-0.3, -0.25) is 0 Å². The molecule has 0 atom stereocenters. The van der Waals surface area contributed by atoms with Gasteiger partial charge >= 0.3 is 15.5 Å². The number of hydrogen-bond acceptors (Lipinski definition) is 3. The summed E-state index contributed by atoms with van der Waals surface area (Å²) in [6.45, 7) is 0. The molecule has 1 aliphatic rings.